The minimum Gasteiger partial charge on any atom is -0.463 e. The summed E-state index contributed by atoms with van der Waals surface area (Å²) in [6.45, 7) is 1.98. The first kappa shape index (κ1) is 24.1. The van der Waals surface area contributed by atoms with Crippen LogP contribution in [0.5, 0.6) is 11.5 Å². The van der Waals surface area contributed by atoms with Crippen LogP contribution in [0.4, 0.5) is 5.69 Å². The Morgan fingerprint density at radius 1 is 1.18 bits per heavy atom. The summed E-state index contributed by atoms with van der Waals surface area (Å²) in [5.74, 6) is -0.547. The van der Waals surface area contributed by atoms with Crippen molar-refractivity contribution in [2.75, 3.05) is 6.61 Å². The van der Waals surface area contributed by atoms with E-state index in [9.17, 15) is 19.7 Å². The van der Waals surface area contributed by atoms with Gasteiger partial charge in [0.25, 0.3) is 5.91 Å². The molecular formula is C24H23ClN2O6S. The zero-order valence-corrected chi connectivity index (χ0v) is 20.0. The van der Waals surface area contributed by atoms with E-state index in [0.717, 1.165) is 31.7 Å². The highest BCUT2D eigenvalue weighted by atomic mass is 35.5. The highest BCUT2D eigenvalue weighted by molar-refractivity contribution is 8.04. The molecule has 1 saturated carbocycles. The number of hydrogen-bond acceptors (Lipinski definition) is 7. The predicted molar refractivity (Wildman–Crippen MR) is 129 cm³/mol. The first-order valence-corrected chi connectivity index (χ1v) is 12.2. The van der Waals surface area contributed by atoms with Gasteiger partial charge in [0, 0.05) is 27.8 Å². The van der Waals surface area contributed by atoms with E-state index in [4.69, 9.17) is 21.1 Å². The Kier molecular flexibility index (Phi) is 7.43. The van der Waals surface area contributed by atoms with Crippen molar-refractivity contribution in [1.82, 2.24) is 5.32 Å². The molecule has 4 rings (SSSR count). The maximum atomic E-state index is 13.0. The number of esters is 1. The average molecular weight is 503 g/mol. The molecule has 2 aliphatic rings. The van der Waals surface area contributed by atoms with Gasteiger partial charge in [-0.1, -0.05) is 24.4 Å². The van der Waals surface area contributed by atoms with Gasteiger partial charge in [0.15, 0.2) is 0 Å². The molecule has 0 saturated heterocycles. The van der Waals surface area contributed by atoms with Gasteiger partial charge in [0.2, 0.25) is 5.75 Å². The fourth-order valence-electron chi connectivity index (χ4n) is 4.19. The Balaban J connectivity index is 1.58. The zero-order chi connectivity index (χ0) is 24.2. The number of nitro benzene ring substituents is 1. The Labute approximate surface area is 205 Å². The SMILES string of the molecule is CCOC(=O)C1=C(NC(=O)c2ccc(Oc3ccc(Cl)cc3)c([N+](=O)[O-])c2)S[C@H]2CCCC[C@H]12. The Hall–Kier alpha value is -3.04. The van der Waals surface area contributed by atoms with Crippen molar-refractivity contribution in [3.63, 3.8) is 0 Å². The lowest BCUT2D eigenvalue weighted by molar-refractivity contribution is -0.385. The van der Waals surface area contributed by atoms with Crippen molar-refractivity contribution in [1.29, 1.82) is 0 Å². The van der Waals surface area contributed by atoms with Crippen LogP contribution in [-0.4, -0.2) is 28.7 Å². The second-order valence-corrected chi connectivity index (χ2v) is 9.65. The summed E-state index contributed by atoms with van der Waals surface area (Å²) in [5, 5.41) is 15.7. The number of benzene rings is 2. The van der Waals surface area contributed by atoms with Crippen molar-refractivity contribution in [3.8, 4) is 11.5 Å². The maximum Gasteiger partial charge on any atom is 0.336 e. The smallest absolute Gasteiger partial charge is 0.336 e. The van der Waals surface area contributed by atoms with E-state index >= 15 is 0 Å². The van der Waals surface area contributed by atoms with Crippen LogP contribution in [0.2, 0.25) is 5.02 Å². The largest absolute Gasteiger partial charge is 0.463 e. The maximum absolute atomic E-state index is 13.0. The zero-order valence-electron chi connectivity index (χ0n) is 18.4. The number of carbonyl (C=O) groups is 2. The Morgan fingerprint density at radius 2 is 1.91 bits per heavy atom. The van der Waals surface area contributed by atoms with Crippen molar-refractivity contribution in [2.24, 2.45) is 5.92 Å². The van der Waals surface area contributed by atoms with E-state index in [0.29, 0.717) is 21.4 Å². The molecule has 0 radical (unpaired) electrons. The van der Waals surface area contributed by atoms with Gasteiger partial charge in [0.05, 0.1) is 22.1 Å². The van der Waals surface area contributed by atoms with Crippen LogP contribution in [0.25, 0.3) is 0 Å². The molecule has 8 nitrogen and oxygen atoms in total. The standard InChI is InChI=1S/C24H23ClN2O6S/c1-2-32-24(29)21-17-5-3-4-6-20(17)34-23(21)26-22(28)14-7-12-19(18(13-14)27(30)31)33-16-10-8-15(25)9-11-16/h7-13,17,20H,2-6H2,1H3,(H,26,28)/t17-,20-/m0/s1. The van der Waals surface area contributed by atoms with Crippen LogP contribution in [0.1, 0.15) is 43.0 Å². The minimum absolute atomic E-state index is 0.00318. The number of halogens is 1. The summed E-state index contributed by atoms with van der Waals surface area (Å²) in [6.07, 6.45) is 3.92. The molecule has 178 valence electrons. The summed E-state index contributed by atoms with van der Waals surface area (Å²) in [6, 6.07) is 10.4. The molecule has 0 unspecified atom stereocenters. The first-order valence-electron chi connectivity index (χ1n) is 11.0. The third-order valence-corrected chi connectivity index (χ3v) is 7.45. The lowest BCUT2D eigenvalue weighted by Crippen LogP contribution is -2.26. The summed E-state index contributed by atoms with van der Waals surface area (Å²) in [5.41, 5.74) is 0.235. The second kappa shape index (κ2) is 10.5. The molecule has 2 aromatic carbocycles. The van der Waals surface area contributed by atoms with Crippen molar-refractivity contribution in [2.45, 2.75) is 37.9 Å². The fraction of sp³-hybridized carbons (Fsp3) is 0.333. The predicted octanol–water partition coefficient (Wildman–Crippen LogP) is 5.85. The number of carbonyl (C=O) groups excluding carboxylic acids is 2. The van der Waals surface area contributed by atoms with Crippen LogP contribution in [0.15, 0.2) is 53.1 Å². The topological polar surface area (TPSA) is 108 Å². The van der Waals surface area contributed by atoms with Gasteiger partial charge in [-0.05, 0) is 56.2 Å². The van der Waals surface area contributed by atoms with Gasteiger partial charge in [0.1, 0.15) is 5.75 Å². The molecule has 1 fully saturated rings. The van der Waals surface area contributed by atoms with Gasteiger partial charge in [-0.15, -0.1) is 11.8 Å². The highest BCUT2D eigenvalue weighted by Crippen LogP contribution is 2.48. The number of nitrogens with one attached hydrogen (secondary N) is 1. The second-order valence-electron chi connectivity index (χ2n) is 7.96. The molecule has 10 heteroatoms. The van der Waals surface area contributed by atoms with Gasteiger partial charge in [-0.2, -0.15) is 0 Å². The molecule has 1 aliphatic carbocycles. The van der Waals surface area contributed by atoms with E-state index < -0.39 is 16.8 Å². The molecule has 1 aliphatic heterocycles. The lowest BCUT2D eigenvalue weighted by atomic mass is 9.84. The number of nitrogens with zero attached hydrogens (tertiary/aromatic N) is 1. The number of thioether (sulfide) groups is 1. The van der Waals surface area contributed by atoms with Crippen LogP contribution < -0.4 is 10.1 Å². The normalized spacial score (nSPS) is 19.4. The number of hydrogen-bond donors (Lipinski definition) is 1. The molecule has 1 N–H and O–H groups in total. The third-order valence-electron chi connectivity index (χ3n) is 5.77. The van der Waals surface area contributed by atoms with E-state index in [-0.39, 0.29) is 34.8 Å². The average Bonchev–Trinajstić information content (AvgIpc) is 3.18. The number of fused-ring (bicyclic) bond motifs is 1. The molecule has 0 aromatic heterocycles. The quantitative estimate of drug-likeness (QED) is 0.287. The summed E-state index contributed by atoms with van der Waals surface area (Å²) in [7, 11) is 0. The number of rotatable bonds is 7. The van der Waals surface area contributed by atoms with E-state index in [1.807, 2.05) is 0 Å². The number of nitro groups is 1. The van der Waals surface area contributed by atoms with Crippen LogP contribution in [0.3, 0.4) is 0 Å². The molecule has 34 heavy (non-hydrogen) atoms. The monoisotopic (exact) mass is 502 g/mol. The molecule has 2 aromatic rings. The Bertz CT molecular complexity index is 1150. The molecule has 2 atom stereocenters. The first-order chi connectivity index (χ1) is 16.4. The third kappa shape index (κ3) is 5.20. The van der Waals surface area contributed by atoms with Gasteiger partial charge >= 0.3 is 11.7 Å². The van der Waals surface area contributed by atoms with E-state index in [2.05, 4.69) is 5.32 Å². The number of ether oxygens (including phenoxy) is 2. The van der Waals surface area contributed by atoms with Gasteiger partial charge in [-0.25, -0.2) is 4.79 Å². The fourth-order valence-corrected chi connectivity index (χ4v) is 5.86. The van der Waals surface area contributed by atoms with Crippen molar-refractivity contribution in [3.05, 3.63) is 73.8 Å². The number of amides is 1. The van der Waals surface area contributed by atoms with Crippen molar-refractivity contribution >= 4 is 40.9 Å². The van der Waals surface area contributed by atoms with Gasteiger partial charge < -0.3 is 14.8 Å². The molecular weight excluding hydrogens is 480 g/mol. The van der Waals surface area contributed by atoms with Crippen LogP contribution in [-0.2, 0) is 9.53 Å². The van der Waals surface area contributed by atoms with E-state index in [1.165, 1.54) is 23.9 Å². The summed E-state index contributed by atoms with van der Waals surface area (Å²) in [4.78, 5) is 36.7. The van der Waals surface area contributed by atoms with Crippen LogP contribution >= 0.6 is 23.4 Å². The summed E-state index contributed by atoms with van der Waals surface area (Å²) >= 11 is 7.34. The highest BCUT2D eigenvalue weighted by Gasteiger charge is 2.41. The summed E-state index contributed by atoms with van der Waals surface area (Å²) < 4.78 is 10.9. The van der Waals surface area contributed by atoms with E-state index in [1.54, 1.807) is 31.2 Å². The van der Waals surface area contributed by atoms with Gasteiger partial charge in [-0.3, -0.25) is 14.9 Å². The molecule has 1 heterocycles. The Morgan fingerprint density at radius 3 is 2.62 bits per heavy atom. The minimum atomic E-state index is -0.607. The lowest BCUT2D eigenvalue weighted by Gasteiger charge is -2.25. The molecule has 1 amide bonds. The van der Waals surface area contributed by atoms with Crippen LogP contribution in [0, 0.1) is 16.0 Å². The van der Waals surface area contributed by atoms with Crippen molar-refractivity contribution < 1.29 is 24.0 Å². The molecule has 0 spiro atoms. The molecule has 0 bridgehead atoms.